The zero-order chi connectivity index (χ0) is 32.7. The van der Waals surface area contributed by atoms with E-state index in [4.69, 9.17) is 15.2 Å². The molecule has 3 N–H and O–H groups in total. The van der Waals surface area contributed by atoms with Crippen molar-refractivity contribution >= 4 is 11.9 Å². The fourth-order valence-electron chi connectivity index (χ4n) is 7.20. The average Bonchev–Trinajstić information content (AvgIpc) is 3.08. The number of hydrogen-bond donors (Lipinski definition) is 2. The van der Waals surface area contributed by atoms with E-state index in [1.165, 1.54) is 0 Å². The first-order valence-electron chi connectivity index (χ1n) is 16.5. The molecule has 4 aromatic carbocycles. The van der Waals surface area contributed by atoms with Crippen LogP contribution in [0.4, 0.5) is 0 Å². The molecule has 0 fully saturated rings. The first kappa shape index (κ1) is 33.1. The van der Waals surface area contributed by atoms with Gasteiger partial charge in [-0.05, 0) is 79.8 Å². The zero-order valence-electron chi connectivity index (χ0n) is 27.4. The standard InChI is InChI=1S/C40H46N2O4/c1-5-7-27-42-39(4)32-25-16-17-26-33(32)40(34(41)18-6-2,31-24-15-14-19-28(31)3)36(46-38(44)30-22-12-9-13-23-30)35(39)45-37(43)29-20-10-8-11-21-29/h8-17,19-26,34-36,42H,5-7,18,27,41H2,1-4H3. The summed E-state index contributed by atoms with van der Waals surface area (Å²) in [4.78, 5) is 28.2. The smallest absolute Gasteiger partial charge is 0.338 e. The van der Waals surface area contributed by atoms with Crippen molar-refractivity contribution in [2.75, 3.05) is 6.54 Å². The number of carbonyl (C=O) groups excluding carboxylic acids is 2. The molecule has 46 heavy (non-hydrogen) atoms. The fraction of sp³-hybridized carbons (Fsp3) is 0.350. The molecule has 240 valence electrons. The van der Waals surface area contributed by atoms with Gasteiger partial charge in [0.05, 0.1) is 22.1 Å². The summed E-state index contributed by atoms with van der Waals surface area (Å²) in [6.45, 7) is 9.05. The number of ether oxygens (including phenoxy) is 2. The number of aryl methyl sites for hydroxylation is 1. The maximum atomic E-state index is 14.2. The van der Waals surface area contributed by atoms with Gasteiger partial charge in [0.1, 0.15) is 0 Å². The Labute approximate surface area is 273 Å². The SMILES string of the molecule is CCCCNC1(C)c2ccccc2C(c2ccccc2C)(C(N)CCC)C(OC(=O)c2ccccc2)C1OC(=O)c1ccccc1. The zero-order valence-corrected chi connectivity index (χ0v) is 27.4. The number of hydrogen-bond acceptors (Lipinski definition) is 6. The Morgan fingerprint density at radius 2 is 1.22 bits per heavy atom. The van der Waals surface area contributed by atoms with Crippen molar-refractivity contribution in [3.63, 3.8) is 0 Å². The molecule has 6 nitrogen and oxygen atoms in total. The lowest BCUT2D eigenvalue weighted by molar-refractivity contribution is -0.104. The molecule has 6 heteroatoms. The molecule has 0 amide bonds. The number of fused-ring (bicyclic) bond motifs is 1. The van der Waals surface area contributed by atoms with E-state index in [2.05, 4.69) is 57.3 Å². The van der Waals surface area contributed by atoms with Crippen molar-refractivity contribution in [2.45, 2.75) is 82.6 Å². The van der Waals surface area contributed by atoms with Gasteiger partial charge in [0.25, 0.3) is 0 Å². The minimum atomic E-state index is -1.05. The molecule has 5 atom stereocenters. The topological polar surface area (TPSA) is 90.7 Å². The molecule has 0 saturated carbocycles. The lowest BCUT2D eigenvalue weighted by atomic mass is 9.54. The molecule has 0 heterocycles. The summed E-state index contributed by atoms with van der Waals surface area (Å²) >= 11 is 0. The van der Waals surface area contributed by atoms with Gasteiger partial charge in [-0.2, -0.15) is 0 Å². The van der Waals surface area contributed by atoms with Crippen LogP contribution in [0.1, 0.15) is 89.4 Å². The summed E-state index contributed by atoms with van der Waals surface area (Å²) in [6, 6.07) is 33.8. The highest BCUT2D eigenvalue weighted by Crippen LogP contribution is 2.54. The molecule has 4 aromatic rings. The van der Waals surface area contributed by atoms with E-state index in [1.807, 2.05) is 60.7 Å². The Balaban J connectivity index is 1.84. The van der Waals surface area contributed by atoms with Crippen molar-refractivity contribution in [2.24, 2.45) is 5.73 Å². The van der Waals surface area contributed by atoms with E-state index >= 15 is 0 Å². The minimum Gasteiger partial charge on any atom is -0.453 e. The number of carbonyl (C=O) groups is 2. The van der Waals surface area contributed by atoms with Crippen LogP contribution in [0.25, 0.3) is 0 Å². The van der Waals surface area contributed by atoms with Crippen molar-refractivity contribution in [3.05, 3.63) is 143 Å². The third kappa shape index (κ3) is 6.12. The second kappa shape index (κ2) is 14.4. The van der Waals surface area contributed by atoms with Gasteiger partial charge < -0.3 is 20.5 Å². The Kier molecular flexibility index (Phi) is 10.4. The van der Waals surface area contributed by atoms with Crippen LogP contribution in [-0.2, 0) is 20.4 Å². The summed E-state index contributed by atoms with van der Waals surface area (Å²) in [5.74, 6) is -0.986. The van der Waals surface area contributed by atoms with E-state index in [-0.39, 0.29) is 0 Å². The first-order chi connectivity index (χ1) is 22.3. The molecular formula is C40H46N2O4. The molecule has 5 rings (SSSR count). The van der Waals surface area contributed by atoms with Crippen molar-refractivity contribution < 1.29 is 19.1 Å². The predicted molar refractivity (Wildman–Crippen MR) is 183 cm³/mol. The number of unbranched alkanes of at least 4 members (excludes halogenated alkanes) is 1. The summed E-state index contributed by atoms with van der Waals surface area (Å²) in [5.41, 5.74) is 10.1. The maximum Gasteiger partial charge on any atom is 0.338 e. The van der Waals surface area contributed by atoms with E-state index < -0.39 is 41.1 Å². The molecule has 0 bridgehead atoms. The Morgan fingerprint density at radius 3 is 1.76 bits per heavy atom. The fourth-order valence-corrected chi connectivity index (χ4v) is 7.20. The van der Waals surface area contributed by atoms with Crippen LogP contribution in [0, 0.1) is 6.92 Å². The Bertz CT molecular complexity index is 1620. The van der Waals surface area contributed by atoms with E-state index in [0.29, 0.717) is 24.1 Å². The monoisotopic (exact) mass is 618 g/mol. The van der Waals surface area contributed by atoms with Crippen LogP contribution >= 0.6 is 0 Å². The van der Waals surface area contributed by atoms with Gasteiger partial charge in [-0.1, -0.05) is 112 Å². The third-order valence-electron chi connectivity index (χ3n) is 9.51. The summed E-state index contributed by atoms with van der Waals surface area (Å²) in [6.07, 6.45) is 1.45. The molecule has 0 radical (unpaired) electrons. The molecule has 0 aromatic heterocycles. The third-order valence-corrected chi connectivity index (χ3v) is 9.51. The van der Waals surface area contributed by atoms with Crippen LogP contribution < -0.4 is 11.1 Å². The summed E-state index contributed by atoms with van der Waals surface area (Å²) < 4.78 is 13.4. The van der Waals surface area contributed by atoms with Gasteiger partial charge in [0.15, 0.2) is 12.2 Å². The van der Waals surface area contributed by atoms with Gasteiger partial charge in [-0.3, -0.25) is 0 Å². The normalized spacial score (nSPS) is 22.8. The molecule has 1 aliphatic carbocycles. The highest BCUT2D eigenvalue weighted by molar-refractivity contribution is 5.90. The minimum absolute atomic E-state index is 0.415. The lowest BCUT2D eigenvalue weighted by Gasteiger charge is -2.57. The molecule has 0 saturated heterocycles. The van der Waals surface area contributed by atoms with Crippen LogP contribution in [0.3, 0.4) is 0 Å². The van der Waals surface area contributed by atoms with Crippen molar-refractivity contribution in [3.8, 4) is 0 Å². The number of rotatable bonds is 12. The van der Waals surface area contributed by atoms with Crippen LogP contribution in [0.5, 0.6) is 0 Å². The van der Waals surface area contributed by atoms with E-state index in [0.717, 1.165) is 41.5 Å². The summed E-state index contributed by atoms with van der Waals surface area (Å²) in [5, 5.41) is 3.77. The quantitative estimate of drug-likeness (QED) is 0.126. The van der Waals surface area contributed by atoms with Crippen molar-refractivity contribution in [1.82, 2.24) is 5.32 Å². The van der Waals surface area contributed by atoms with Gasteiger partial charge in [0, 0.05) is 6.04 Å². The largest absolute Gasteiger partial charge is 0.453 e. The highest BCUT2D eigenvalue weighted by atomic mass is 16.6. The molecule has 0 spiro atoms. The number of esters is 2. The Morgan fingerprint density at radius 1 is 0.717 bits per heavy atom. The predicted octanol–water partition coefficient (Wildman–Crippen LogP) is 7.48. The van der Waals surface area contributed by atoms with Gasteiger partial charge in [-0.15, -0.1) is 0 Å². The van der Waals surface area contributed by atoms with Crippen molar-refractivity contribution in [1.29, 1.82) is 0 Å². The molecular weight excluding hydrogens is 572 g/mol. The Hall–Kier alpha value is -4.26. The second-order valence-electron chi connectivity index (χ2n) is 12.5. The van der Waals surface area contributed by atoms with Gasteiger partial charge in [-0.25, -0.2) is 9.59 Å². The van der Waals surface area contributed by atoms with Crippen LogP contribution in [0.2, 0.25) is 0 Å². The highest BCUT2D eigenvalue weighted by Gasteiger charge is 2.63. The van der Waals surface area contributed by atoms with Crippen LogP contribution in [0.15, 0.2) is 109 Å². The second-order valence-corrected chi connectivity index (χ2v) is 12.5. The average molecular weight is 619 g/mol. The van der Waals surface area contributed by atoms with E-state index in [1.54, 1.807) is 24.3 Å². The number of nitrogens with two attached hydrogens (primary N) is 1. The molecule has 5 unspecified atom stereocenters. The molecule has 1 aliphatic rings. The summed E-state index contributed by atoms with van der Waals surface area (Å²) in [7, 11) is 0. The first-order valence-corrected chi connectivity index (χ1v) is 16.5. The van der Waals surface area contributed by atoms with Crippen LogP contribution in [-0.4, -0.2) is 36.7 Å². The number of benzene rings is 4. The van der Waals surface area contributed by atoms with Gasteiger partial charge >= 0.3 is 11.9 Å². The maximum absolute atomic E-state index is 14.2. The number of nitrogens with one attached hydrogen (secondary N) is 1. The van der Waals surface area contributed by atoms with Gasteiger partial charge in [0.2, 0.25) is 0 Å². The lowest BCUT2D eigenvalue weighted by Crippen LogP contribution is -2.70. The molecule has 0 aliphatic heterocycles. The van der Waals surface area contributed by atoms with E-state index in [9.17, 15) is 9.59 Å².